The van der Waals surface area contributed by atoms with Gasteiger partial charge in [0.15, 0.2) is 16.8 Å². The van der Waals surface area contributed by atoms with Crippen LogP contribution in [0.1, 0.15) is 44.6 Å². The summed E-state index contributed by atoms with van der Waals surface area (Å²) in [6.07, 6.45) is 0. The minimum absolute atomic E-state index is 0.105. The van der Waals surface area contributed by atoms with Crippen LogP contribution in [0.4, 0.5) is 0 Å². The number of H-pyrrole nitrogens is 1. The topological polar surface area (TPSA) is 89.9 Å². The molecule has 0 bridgehead atoms. The first-order valence-corrected chi connectivity index (χ1v) is 10.1. The molecule has 2 aromatic heterocycles. The fourth-order valence-electron chi connectivity index (χ4n) is 3.30. The van der Waals surface area contributed by atoms with Crippen molar-refractivity contribution in [3.05, 3.63) is 52.3 Å². The average molecular weight is 413 g/mol. The third-order valence-corrected chi connectivity index (χ3v) is 6.08. The van der Waals surface area contributed by atoms with Gasteiger partial charge in [0.25, 0.3) is 0 Å². The lowest BCUT2D eigenvalue weighted by Gasteiger charge is -2.10. The number of aryl methyl sites for hydroxylation is 2. The third-order valence-electron chi connectivity index (χ3n) is 4.95. The Balaban J connectivity index is 1.85. The summed E-state index contributed by atoms with van der Waals surface area (Å²) in [4.78, 5) is 28.0. The highest BCUT2D eigenvalue weighted by molar-refractivity contribution is 8.00. The molecule has 0 radical (unpaired) electrons. The Morgan fingerprint density at radius 2 is 1.86 bits per heavy atom. The highest BCUT2D eigenvalue weighted by Crippen LogP contribution is 2.30. The van der Waals surface area contributed by atoms with Gasteiger partial charge in [-0.1, -0.05) is 36.0 Å². The number of carbonyl (C=O) groups is 2. The predicted octanol–water partition coefficient (Wildman–Crippen LogP) is 3.89. The lowest BCUT2D eigenvalue weighted by Crippen LogP contribution is -2.16. The van der Waals surface area contributed by atoms with Crippen molar-refractivity contribution >= 4 is 23.5 Å². The minimum atomic E-state index is -0.452. The molecule has 152 valence electrons. The van der Waals surface area contributed by atoms with E-state index in [9.17, 15) is 9.59 Å². The van der Waals surface area contributed by atoms with E-state index in [1.165, 1.54) is 18.9 Å². The maximum Gasteiger partial charge on any atom is 0.339 e. The number of methoxy groups -OCH3 is 1. The number of carbonyl (C=O) groups excluding carboxylic acids is 2. The van der Waals surface area contributed by atoms with E-state index in [2.05, 4.69) is 15.2 Å². The number of thioether (sulfide) groups is 1. The molecule has 0 spiro atoms. The molecule has 0 saturated heterocycles. The number of hydrogen-bond donors (Lipinski definition) is 1. The SMILES string of the molecule is COC(=O)c1c(C)[nH]c(C(=O)[C@H](C)Sc2nnc(-c3ccccc3C)n2C)c1C. The number of esters is 1. The smallest absolute Gasteiger partial charge is 0.339 e. The summed E-state index contributed by atoms with van der Waals surface area (Å²) in [5.74, 6) is 0.197. The fourth-order valence-corrected chi connectivity index (χ4v) is 4.17. The van der Waals surface area contributed by atoms with Crippen LogP contribution in [-0.2, 0) is 11.8 Å². The van der Waals surface area contributed by atoms with Crippen LogP contribution in [-0.4, -0.2) is 43.9 Å². The van der Waals surface area contributed by atoms with E-state index in [-0.39, 0.29) is 5.78 Å². The zero-order chi connectivity index (χ0) is 21.3. The quantitative estimate of drug-likeness (QED) is 0.375. The van der Waals surface area contributed by atoms with Gasteiger partial charge in [0.1, 0.15) is 0 Å². The monoisotopic (exact) mass is 412 g/mol. The Labute approximate surface area is 173 Å². The van der Waals surface area contributed by atoms with Gasteiger partial charge in [-0.3, -0.25) is 4.79 Å². The first kappa shape index (κ1) is 20.9. The summed E-state index contributed by atoms with van der Waals surface area (Å²) >= 11 is 1.34. The molecule has 2 heterocycles. The van der Waals surface area contributed by atoms with Gasteiger partial charge in [-0.15, -0.1) is 10.2 Å². The molecule has 3 aromatic rings. The Hall–Kier alpha value is -2.87. The summed E-state index contributed by atoms with van der Waals surface area (Å²) in [5, 5.41) is 8.83. The van der Waals surface area contributed by atoms with E-state index in [0.717, 1.165) is 17.0 Å². The molecule has 29 heavy (non-hydrogen) atoms. The molecular formula is C21H24N4O3S. The molecule has 7 nitrogen and oxygen atoms in total. The molecule has 0 aliphatic heterocycles. The number of ketones is 1. The van der Waals surface area contributed by atoms with E-state index in [1.807, 2.05) is 49.7 Å². The van der Waals surface area contributed by atoms with Crippen molar-refractivity contribution in [2.45, 2.75) is 38.1 Å². The molecule has 1 aromatic carbocycles. The molecule has 8 heteroatoms. The number of rotatable bonds is 6. The molecule has 3 rings (SSSR count). The van der Waals surface area contributed by atoms with E-state index in [1.54, 1.807) is 13.8 Å². The van der Waals surface area contributed by atoms with Crippen molar-refractivity contribution in [1.29, 1.82) is 0 Å². The molecule has 0 aliphatic rings. The van der Waals surface area contributed by atoms with Crippen molar-refractivity contribution in [3.63, 3.8) is 0 Å². The molecular weight excluding hydrogens is 388 g/mol. The van der Waals surface area contributed by atoms with Gasteiger partial charge in [0.05, 0.1) is 23.6 Å². The van der Waals surface area contributed by atoms with E-state index in [4.69, 9.17) is 4.74 Å². The van der Waals surface area contributed by atoms with Crippen LogP contribution in [0.15, 0.2) is 29.4 Å². The zero-order valence-electron chi connectivity index (χ0n) is 17.4. The van der Waals surface area contributed by atoms with E-state index >= 15 is 0 Å². The highest BCUT2D eigenvalue weighted by atomic mass is 32.2. The molecule has 0 fully saturated rings. The highest BCUT2D eigenvalue weighted by Gasteiger charge is 2.27. The standard InChI is InChI=1S/C21H24N4O3S/c1-11-9-7-8-10-15(11)19-23-24-21(25(19)5)29-14(4)18(26)17-12(2)16(13(3)22-17)20(27)28-6/h7-10,14,22H,1-6H3/t14-/m0/s1. The number of aromatic nitrogens is 4. The summed E-state index contributed by atoms with van der Waals surface area (Å²) in [6, 6.07) is 7.97. The van der Waals surface area contributed by atoms with Crippen molar-refractivity contribution in [3.8, 4) is 11.4 Å². The summed E-state index contributed by atoms with van der Waals surface area (Å²) in [6.45, 7) is 7.35. The van der Waals surface area contributed by atoms with E-state index in [0.29, 0.717) is 27.7 Å². The number of Topliss-reactive ketones (excluding diaryl/α,β-unsaturated/α-hetero) is 1. The van der Waals surface area contributed by atoms with Crippen molar-refractivity contribution in [2.75, 3.05) is 7.11 Å². The second kappa shape index (κ2) is 8.24. The molecule has 0 saturated carbocycles. The van der Waals surface area contributed by atoms with Crippen LogP contribution < -0.4 is 0 Å². The average Bonchev–Trinajstić information content (AvgIpc) is 3.20. The Bertz CT molecular complexity index is 1080. The molecule has 1 atom stereocenters. The largest absolute Gasteiger partial charge is 0.465 e. The van der Waals surface area contributed by atoms with Crippen molar-refractivity contribution < 1.29 is 14.3 Å². The summed E-state index contributed by atoms with van der Waals surface area (Å²) in [5.41, 5.74) is 4.17. The van der Waals surface area contributed by atoms with Gasteiger partial charge in [0.2, 0.25) is 0 Å². The van der Waals surface area contributed by atoms with Crippen molar-refractivity contribution in [2.24, 2.45) is 7.05 Å². The van der Waals surface area contributed by atoms with Gasteiger partial charge in [0, 0.05) is 18.3 Å². The number of nitrogens with zero attached hydrogens (tertiary/aromatic N) is 3. The lowest BCUT2D eigenvalue weighted by molar-refractivity contribution is 0.0599. The Kier molecular flexibility index (Phi) is 5.93. The number of ether oxygens (including phenoxy) is 1. The molecule has 1 N–H and O–H groups in total. The van der Waals surface area contributed by atoms with Crippen LogP contribution in [0, 0.1) is 20.8 Å². The number of nitrogens with one attached hydrogen (secondary N) is 1. The normalized spacial score (nSPS) is 12.1. The van der Waals surface area contributed by atoms with Gasteiger partial charge in [-0.05, 0) is 38.8 Å². The second-order valence-corrected chi connectivity index (χ2v) is 8.23. The molecule has 0 amide bonds. The van der Waals surface area contributed by atoms with E-state index < -0.39 is 11.2 Å². The van der Waals surface area contributed by atoms with Crippen LogP contribution >= 0.6 is 11.8 Å². The van der Waals surface area contributed by atoms with Crippen molar-refractivity contribution in [1.82, 2.24) is 19.7 Å². The number of aromatic amines is 1. The fraction of sp³-hybridized carbons (Fsp3) is 0.333. The number of benzene rings is 1. The maximum absolute atomic E-state index is 13.0. The Morgan fingerprint density at radius 1 is 1.17 bits per heavy atom. The van der Waals surface area contributed by atoms with Gasteiger partial charge < -0.3 is 14.3 Å². The molecule has 0 unspecified atom stereocenters. The van der Waals surface area contributed by atoms with Crippen LogP contribution in [0.3, 0.4) is 0 Å². The molecule has 0 aliphatic carbocycles. The van der Waals surface area contributed by atoms with Gasteiger partial charge in [-0.2, -0.15) is 0 Å². The van der Waals surface area contributed by atoms with Crippen LogP contribution in [0.5, 0.6) is 0 Å². The zero-order valence-corrected chi connectivity index (χ0v) is 18.2. The minimum Gasteiger partial charge on any atom is -0.465 e. The maximum atomic E-state index is 13.0. The first-order chi connectivity index (χ1) is 13.8. The van der Waals surface area contributed by atoms with Crippen LogP contribution in [0.2, 0.25) is 0 Å². The van der Waals surface area contributed by atoms with Gasteiger partial charge in [-0.25, -0.2) is 4.79 Å². The first-order valence-electron chi connectivity index (χ1n) is 9.20. The third kappa shape index (κ3) is 3.85. The number of hydrogen-bond acceptors (Lipinski definition) is 6. The predicted molar refractivity (Wildman–Crippen MR) is 112 cm³/mol. The van der Waals surface area contributed by atoms with Crippen LogP contribution in [0.25, 0.3) is 11.4 Å². The summed E-state index contributed by atoms with van der Waals surface area (Å²) in [7, 11) is 3.22. The van der Waals surface area contributed by atoms with Gasteiger partial charge >= 0.3 is 5.97 Å². The second-order valence-electron chi connectivity index (χ2n) is 6.92. The summed E-state index contributed by atoms with van der Waals surface area (Å²) < 4.78 is 6.71. The Morgan fingerprint density at radius 3 is 2.52 bits per heavy atom. The lowest BCUT2D eigenvalue weighted by atomic mass is 10.1.